The van der Waals surface area contributed by atoms with Crippen LogP contribution < -0.4 is 0 Å². The van der Waals surface area contributed by atoms with Crippen LogP contribution in [0.15, 0.2) is 12.2 Å². The maximum absolute atomic E-state index is 12.2. The fourth-order valence-corrected chi connectivity index (χ4v) is 3.52. The summed E-state index contributed by atoms with van der Waals surface area (Å²) < 4.78 is 0. The number of likely N-dealkylation sites (tertiary alicyclic amines) is 1. The fraction of sp³-hybridized carbons (Fsp3) is 0.571. The van der Waals surface area contributed by atoms with Crippen molar-refractivity contribution in [1.82, 2.24) is 4.90 Å². The van der Waals surface area contributed by atoms with E-state index in [4.69, 9.17) is 6.42 Å². The maximum atomic E-state index is 12.2. The highest BCUT2D eigenvalue weighted by atomic mass is 16.2. The van der Waals surface area contributed by atoms with Gasteiger partial charge in [0.1, 0.15) is 0 Å². The first kappa shape index (κ1) is 10.6. The summed E-state index contributed by atoms with van der Waals surface area (Å²) in [4.78, 5) is 25.8. The van der Waals surface area contributed by atoms with Gasteiger partial charge in [-0.1, -0.05) is 12.2 Å². The minimum Gasteiger partial charge on any atom is -0.282 e. The number of rotatable bonds is 3. The minimum absolute atomic E-state index is 0.0360. The first-order valence-electron chi connectivity index (χ1n) is 6.21. The van der Waals surface area contributed by atoms with E-state index in [-0.39, 0.29) is 23.7 Å². The van der Waals surface area contributed by atoms with Gasteiger partial charge in [-0.2, -0.15) is 0 Å². The highest BCUT2D eigenvalue weighted by Gasteiger charge is 2.58. The molecule has 2 amide bonds. The van der Waals surface area contributed by atoms with Crippen molar-refractivity contribution in [3.63, 3.8) is 0 Å². The number of hydrogen-bond donors (Lipinski definition) is 0. The molecular weight excluding hydrogens is 214 g/mol. The molecule has 0 aromatic carbocycles. The van der Waals surface area contributed by atoms with Gasteiger partial charge in [-0.3, -0.25) is 14.5 Å². The monoisotopic (exact) mass is 229 g/mol. The molecule has 3 rings (SSSR count). The normalized spacial score (nSPS) is 37.7. The Morgan fingerprint density at radius 1 is 1.24 bits per heavy atom. The lowest BCUT2D eigenvalue weighted by Gasteiger charge is -2.16. The van der Waals surface area contributed by atoms with Crippen molar-refractivity contribution < 1.29 is 9.59 Å². The summed E-state index contributed by atoms with van der Waals surface area (Å²) in [6.07, 6.45) is 11.7. The van der Waals surface area contributed by atoms with Crippen LogP contribution in [0.1, 0.15) is 19.3 Å². The van der Waals surface area contributed by atoms with E-state index < -0.39 is 0 Å². The summed E-state index contributed by atoms with van der Waals surface area (Å²) in [5.41, 5.74) is 0. The molecule has 4 unspecified atom stereocenters. The standard InChI is InChI=1S/C14H15NO2/c1-2-3-4-7-15-13(16)11-9-5-6-10(8-9)12(11)14(15)17/h1,5-6,9-12H,3-4,7-8H2. The molecule has 0 spiro atoms. The van der Waals surface area contributed by atoms with Gasteiger partial charge >= 0.3 is 0 Å². The van der Waals surface area contributed by atoms with Crippen molar-refractivity contribution >= 4 is 11.8 Å². The van der Waals surface area contributed by atoms with Crippen molar-refractivity contribution in [3.05, 3.63) is 12.2 Å². The van der Waals surface area contributed by atoms with Crippen LogP contribution in [0.4, 0.5) is 0 Å². The molecule has 3 aliphatic rings. The minimum atomic E-state index is -0.0664. The second-order valence-electron chi connectivity index (χ2n) is 5.14. The average Bonchev–Trinajstić information content (AvgIpc) is 2.97. The van der Waals surface area contributed by atoms with E-state index in [9.17, 15) is 9.59 Å². The molecule has 2 bridgehead atoms. The molecule has 17 heavy (non-hydrogen) atoms. The van der Waals surface area contributed by atoms with Gasteiger partial charge in [0.15, 0.2) is 0 Å². The van der Waals surface area contributed by atoms with E-state index in [2.05, 4.69) is 18.1 Å². The van der Waals surface area contributed by atoms with E-state index in [0.717, 1.165) is 12.8 Å². The SMILES string of the molecule is C#CCCCN1C(=O)C2C3C=CC(C3)C2C1=O. The smallest absolute Gasteiger partial charge is 0.233 e. The molecule has 1 aliphatic heterocycles. The van der Waals surface area contributed by atoms with Gasteiger partial charge in [0.05, 0.1) is 11.8 Å². The molecule has 2 aliphatic carbocycles. The molecular formula is C14H15NO2. The van der Waals surface area contributed by atoms with Crippen LogP contribution in [0.3, 0.4) is 0 Å². The number of amides is 2. The molecule has 4 atom stereocenters. The Balaban J connectivity index is 1.76. The van der Waals surface area contributed by atoms with Gasteiger partial charge in [0.25, 0.3) is 0 Å². The van der Waals surface area contributed by atoms with Crippen molar-refractivity contribution in [2.45, 2.75) is 19.3 Å². The lowest BCUT2D eigenvalue weighted by atomic mass is 9.85. The zero-order chi connectivity index (χ0) is 12.0. The third-order valence-corrected chi connectivity index (χ3v) is 4.26. The molecule has 0 N–H and O–H groups in total. The Morgan fingerprint density at radius 3 is 2.35 bits per heavy atom. The molecule has 0 radical (unpaired) electrons. The van der Waals surface area contributed by atoms with Gasteiger partial charge in [0.2, 0.25) is 11.8 Å². The van der Waals surface area contributed by atoms with Gasteiger partial charge in [-0.15, -0.1) is 12.3 Å². The van der Waals surface area contributed by atoms with Crippen LogP contribution in [-0.2, 0) is 9.59 Å². The molecule has 1 saturated heterocycles. The van der Waals surface area contributed by atoms with E-state index in [0.29, 0.717) is 24.8 Å². The van der Waals surface area contributed by atoms with Crippen LogP contribution in [-0.4, -0.2) is 23.3 Å². The average molecular weight is 229 g/mol. The van der Waals surface area contributed by atoms with Gasteiger partial charge in [-0.25, -0.2) is 0 Å². The van der Waals surface area contributed by atoms with Crippen LogP contribution in [0.25, 0.3) is 0 Å². The van der Waals surface area contributed by atoms with Crippen molar-refractivity contribution in [2.24, 2.45) is 23.7 Å². The van der Waals surface area contributed by atoms with Gasteiger partial charge < -0.3 is 0 Å². The Labute approximate surface area is 101 Å². The highest BCUT2D eigenvalue weighted by Crippen LogP contribution is 2.52. The van der Waals surface area contributed by atoms with Crippen LogP contribution in [0.2, 0.25) is 0 Å². The molecule has 0 aromatic rings. The zero-order valence-corrected chi connectivity index (χ0v) is 9.63. The number of nitrogens with zero attached hydrogens (tertiary/aromatic N) is 1. The summed E-state index contributed by atoms with van der Waals surface area (Å²) in [6.45, 7) is 0.494. The number of terminal acetylenes is 1. The lowest BCUT2D eigenvalue weighted by Crippen LogP contribution is -2.33. The number of fused-ring (bicyclic) bond motifs is 5. The first-order valence-corrected chi connectivity index (χ1v) is 6.21. The second kappa shape index (κ2) is 3.73. The van der Waals surface area contributed by atoms with E-state index >= 15 is 0 Å². The number of carbonyl (C=O) groups is 2. The molecule has 88 valence electrons. The predicted molar refractivity (Wildman–Crippen MR) is 62.5 cm³/mol. The number of carbonyl (C=O) groups excluding carboxylic acids is 2. The van der Waals surface area contributed by atoms with Crippen LogP contribution in [0, 0.1) is 36.0 Å². The summed E-state index contributed by atoms with van der Waals surface area (Å²) in [5, 5.41) is 0. The van der Waals surface area contributed by atoms with Crippen molar-refractivity contribution in [2.75, 3.05) is 6.54 Å². The molecule has 1 saturated carbocycles. The zero-order valence-electron chi connectivity index (χ0n) is 9.63. The number of imide groups is 1. The second-order valence-corrected chi connectivity index (χ2v) is 5.14. The van der Waals surface area contributed by atoms with Crippen LogP contribution >= 0.6 is 0 Å². The van der Waals surface area contributed by atoms with Crippen molar-refractivity contribution in [1.29, 1.82) is 0 Å². The third kappa shape index (κ3) is 1.37. The van der Waals surface area contributed by atoms with E-state index in [1.807, 2.05) is 0 Å². The van der Waals surface area contributed by atoms with E-state index in [1.165, 1.54) is 4.90 Å². The third-order valence-electron chi connectivity index (χ3n) is 4.26. The largest absolute Gasteiger partial charge is 0.282 e. The summed E-state index contributed by atoms with van der Waals surface area (Å²) in [5.74, 6) is 3.09. The number of allylic oxidation sites excluding steroid dienone is 2. The summed E-state index contributed by atoms with van der Waals surface area (Å²) >= 11 is 0. The molecule has 2 fully saturated rings. The first-order chi connectivity index (χ1) is 8.24. The van der Waals surface area contributed by atoms with Gasteiger partial charge in [0, 0.05) is 13.0 Å². The lowest BCUT2D eigenvalue weighted by molar-refractivity contribution is -0.140. The molecule has 3 nitrogen and oxygen atoms in total. The van der Waals surface area contributed by atoms with Crippen molar-refractivity contribution in [3.8, 4) is 12.3 Å². The topological polar surface area (TPSA) is 37.4 Å². The van der Waals surface area contributed by atoms with E-state index in [1.54, 1.807) is 0 Å². The van der Waals surface area contributed by atoms with Crippen LogP contribution in [0.5, 0.6) is 0 Å². The Hall–Kier alpha value is -1.56. The van der Waals surface area contributed by atoms with Gasteiger partial charge in [-0.05, 0) is 24.7 Å². The highest BCUT2D eigenvalue weighted by molar-refractivity contribution is 6.06. The fourth-order valence-electron chi connectivity index (χ4n) is 3.52. The molecule has 0 aromatic heterocycles. The molecule has 1 heterocycles. The Morgan fingerprint density at radius 2 is 1.82 bits per heavy atom. The molecule has 3 heteroatoms. The maximum Gasteiger partial charge on any atom is 0.233 e. The number of hydrogen-bond acceptors (Lipinski definition) is 2. The Bertz CT molecular complexity index is 416. The quantitative estimate of drug-likeness (QED) is 0.316. The summed E-state index contributed by atoms with van der Waals surface area (Å²) in [7, 11) is 0. The Kier molecular flexibility index (Phi) is 2.32. The summed E-state index contributed by atoms with van der Waals surface area (Å²) in [6, 6.07) is 0. The predicted octanol–water partition coefficient (Wildman–Crippen LogP) is 1.21. The number of unbranched alkanes of at least 4 members (excludes halogenated alkanes) is 1.